The van der Waals surface area contributed by atoms with Gasteiger partial charge in [-0.15, -0.1) is 0 Å². The largest absolute Gasteiger partial charge is 0.357 e. The lowest BCUT2D eigenvalue weighted by atomic mass is 9.78. The number of hydrogen-bond acceptors (Lipinski definition) is 3. The van der Waals surface area contributed by atoms with E-state index in [4.69, 9.17) is 0 Å². The van der Waals surface area contributed by atoms with Crippen LogP contribution in [0.3, 0.4) is 0 Å². The number of nitrogens with one attached hydrogen (secondary N) is 1. The zero-order valence-corrected chi connectivity index (χ0v) is 12.9. The van der Waals surface area contributed by atoms with Crippen molar-refractivity contribution in [3.8, 4) is 0 Å². The average Bonchev–Trinajstić information content (AvgIpc) is 3.31. The smallest absolute Gasteiger partial charge is 0.128 e. The lowest BCUT2D eigenvalue weighted by Gasteiger charge is -2.39. The van der Waals surface area contributed by atoms with Crippen molar-refractivity contribution < 1.29 is 0 Å². The Morgan fingerprint density at radius 2 is 2.05 bits per heavy atom. The minimum absolute atomic E-state index is 0.546. The summed E-state index contributed by atoms with van der Waals surface area (Å²) >= 11 is 0. The van der Waals surface area contributed by atoms with E-state index in [1.165, 1.54) is 37.7 Å². The van der Waals surface area contributed by atoms with Gasteiger partial charge in [-0.25, -0.2) is 4.98 Å². The molecule has 3 heteroatoms. The Labute approximate surface area is 122 Å². The number of hydrogen-bond donors (Lipinski definition) is 1. The Bertz CT molecular complexity index is 428. The molecule has 0 spiro atoms. The predicted molar refractivity (Wildman–Crippen MR) is 83.9 cm³/mol. The van der Waals surface area contributed by atoms with Crippen LogP contribution in [0.1, 0.15) is 51.5 Å². The van der Waals surface area contributed by atoms with E-state index in [1.807, 2.05) is 6.20 Å². The molecule has 3 nitrogen and oxygen atoms in total. The van der Waals surface area contributed by atoms with Crippen LogP contribution in [0.25, 0.3) is 0 Å². The van der Waals surface area contributed by atoms with Crippen molar-refractivity contribution in [1.29, 1.82) is 0 Å². The third kappa shape index (κ3) is 3.32. The second-order valence-electron chi connectivity index (χ2n) is 6.83. The zero-order chi connectivity index (χ0) is 14.0. The monoisotopic (exact) mass is 273 g/mol. The van der Waals surface area contributed by atoms with E-state index in [-0.39, 0.29) is 0 Å². The molecule has 2 aliphatic rings. The van der Waals surface area contributed by atoms with Gasteiger partial charge in [-0.05, 0) is 42.7 Å². The second kappa shape index (κ2) is 5.72. The molecular weight excluding hydrogens is 246 g/mol. The lowest BCUT2D eigenvalue weighted by Crippen LogP contribution is -2.38. The van der Waals surface area contributed by atoms with E-state index in [0.29, 0.717) is 5.41 Å². The Balaban J connectivity index is 1.54. The van der Waals surface area contributed by atoms with Gasteiger partial charge in [0.25, 0.3) is 0 Å². The maximum atomic E-state index is 4.66. The quantitative estimate of drug-likeness (QED) is 0.891. The molecule has 0 radical (unpaired) electrons. The molecule has 110 valence electrons. The molecule has 0 bridgehead atoms. The van der Waals surface area contributed by atoms with E-state index >= 15 is 0 Å². The highest BCUT2D eigenvalue weighted by Gasteiger charge is 2.28. The van der Waals surface area contributed by atoms with Crippen molar-refractivity contribution in [2.45, 2.75) is 58.5 Å². The number of pyridine rings is 1. The molecule has 1 aliphatic heterocycles. The third-order valence-corrected chi connectivity index (χ3v) is 5.13. The van der Waals surface area contributed by atoms with E-state index in [2.05, 4.69) is 41.2 Å². The molecule has 0 atom stereocenters. The molecule has 1 saturated heterocycles. The zero-order valence-electron chi connectivity index (χ0n) is 12.9. The molecule has 1 aliphatic carbocycles. The fourth-order valence-corrected chi connectivity index (χ4v) is 2.89. The van der Waals surface area contributed by atoms with E-state index in [0.717, 1.165) is 31.5 Å². The first-order valence-corrected chi connectivity index (χ1v) is 8.12. The summed E-state index contributed by atoms with van der Waals surface area (Å²) in [6, 6.07) is 5.19. The van der Waals surface area contributed by atoms with Gasteiger partial charge < -0.3 is 10.2 Å². The van der Waals surface area contributed by atoms with E-state index < -0.39 is 0 Å². The predicted octanol–water partition coefficient (Wildman–Crippen LogP) is 3.35. The summed E-state index contributed by atoms with van der Waals surface area (Å²) in [5, 5.41) is 3.54. The van der Waals surface area contributed by atoms with Gasteiger partial charge in [0.05, 0.1) is 0 Å². The summed E-state index contributed by atoms with van der Waals surface area (Å²) in [5.74, 6) is 1.15. The third-order valence-electron chi connectivity index (χ3n) is 5.13. The van der Waals surface area contributed by atoms with Crippen LogP contribution in [0, 0.1) is 5.41 Å². The van der Waals surface area contributed by atoms with Crippen LogP contribution in [-0.4, -0.2) is 24.1 Å². The number of rotatable bonds is 5. The molecule has 1 aromatic rings. The first-order valence-electron chi connectivity index (χ1n) is 8.12. The maximum Gasteiger partial charge on any atom is 0.128 e. The average molecular weight is 273 g/mol. The minimum atomic E-state index is 0.546. The van der Waals surface area contributed by atoms with Crippen molar-refractivity contribution in [1.82, 2.24) is 10.3 Å². The van der Waals surface area contributed by atoms with Crippen molar-refractivity contribution in [3.63, 3.8) is 0 Å². The summed E-state index contributed by atoms with van der Waals surface area (Å²) < 4.78 is 0. The summed E-state index contributed by atoms with van der Waals surface area (Å²) in [4.78, 5) is 7.10. The number of aromatic nitrogens is 1. The molecule has 1 N–H and O–H groups in total. The molecule has 3 rings (SSSR count). The molecule has 0 unspecified atom stereocenters. The molecule has 1 aromatic heterocycles. The number of anilines is 1. The van der Waals surface area contributed by atoms with Gasteiger partial charge in [-0.3, -0.25) is 0 Å². The second-order valence-corrected chi connectivity index (χ2v) is 6.83. The van der Waals surface area contributed by atoms with Gasteiger partial charge in [0.2, 0.25) is 0 Å². The van der Waals surface area contributed by atoms with Gasteiger partial charge in [-0.1, -0.05) is 26.3 Å². The SMILES string of the molecule is CCC1(C)CCN(c2ccc(CNC3CC3)cn2)CC1. The van der Waals surface area contributed by atoms with Gasteiger partial charge in [0.15, 0.2) is 0 Å². The molecular formula is C17H27N3. The summed E-state index contributed by atoms with van der Waals surface area (Å²) in [6.45, 7) is 8.00. The van der Waals surface area contributed by atoms with Crippen LogP contribution in [0.5, 0.6) is 0 Å². The normalized spacial score (nSPS) is 22.0. The lowest BCUT2D eigenvalue weighted by molar-refractivity contribution is 0.238. The van der Waals surface area contributed by atoms with Crippen LogP contribution >= 0.6 is 0 Å². The van der Waals surface area contributed by atoms with Gasteiger partial charge >= 0.3 is 0 Å². The van der Waals surface area contributed by atoms with Crippen molar-refractivity contribution in [2.75, 3.05) is 18.0 Å². The Morgan fingerprint density at radius 3 is 2.60 bits per heavy atom. The van der Waals surface area contributed by atoms with Crippen molar-refractivity contribution in [2.24, 2.45) is 5.41 Å². The Hall–Kier alpha value is -1.09. The summed E-state index contributed by atoms with van der Waals surface area (Å²) in [7, 11) is 0. The number of nitrogens with zero attached hydrogens (tertiary/aromatic N) is 2. The first kappa shape index (κ1) is 13.9. The van der Waals surface area contributed by atoms with Gasteiger partial charge in [0.1, 0.15) is 5.82 Å². The fraction of sp³-hybridized carbons (Fsp3) is 0.706. The molecule has 0 aromatic carbocycles. The highest BCUT2D eigenvalue weighted by Crippen LogP contribution is 2.35. The topological polar surface area (TPSA) is 28.2 Å². The van der Waals surface area contributed by atoms with Crippen LogP contribution in [0.2, 0.25) is 0 Å². The summed E-state index contributed by atoms with van der Waals surface area (Å²) in [6.07, 6.45) is 8.59. The van der Waals surface area contributed by atoms with Crippen LogP contribution in [-0.2, 0) is 6.54 Å². The Kier molecular flexibility index (Phi) is 3.97. The Morgan fingerprint density at radius 1 is 1.30 bits per heavy atom. The van der Waals surface area contributed by atoms with Crippen LogP contribution < -0.4 is 10.2 Å². The number of piperidine rings is 1. The molecule has 20 heavy (non-hydrogen) atoms. The molecule has 2 heterocycles. The van der Waals surface area contributed by atoms with Crippen molar-refractivity contribution in [3.05, 3.63) is 23.9 Å². The van der Waals surface area contributed by atoms with E-state index in [1.54, 1.807) is 0 Å². The van der Waals surface area contributed by atoms with Crippen LogP contribution in [0.4, 0.5) is 5.82 Å². The standard InChI is InChI=1S/C17H27N3/c1-3-17(2)8-10-20(11-9-17)16-7-4-14(13-19-16)12-18-15-5-6-15/h4,7,13,15,18H,3,5-6,8-12H2,1-2H3. The minimum Gasteiger partial charge on any atom is -0.357 e. The first-order chi connectivity index (χ1) is 9.68. The van der Waals surface area contributed by atoms with Crippen molar-refractivity contribution >= 4 is 5.82 Å². The van der Waals surface area contributed by atoms with Crippen LogP contribution in [0.15, 0.2) is 18.3 Å². The fourth-order valence-electron chi connectivity index (χ4n) is 2.89. The highest BCUT2D eigenvalue weighted by atomic mass is 15.2. The maximum absolute atomic E-state index is 4.66. The summed E-state index contributed by atoms with van der Waals surface area (Å²) in [5.41, 5.74) is 1.85. The van der Waals surface area contributed by atoms with Gasteiger partial charge in [0, 0.05) is 31.9 Å². The molecule has 2 fully saturated rings. The van der Waals surface area contributed by atoms with E-state index in [9.17, 15) is 0 Å². The molecule has 1 saturated carbocycles. The van der Waals surface area contributed by atoms with Gasteiger partial charge in [-0.2, -0.15) is 0 Å². The highest BCUT2D eigenvalue weighted by molar-refractivity contribution is 5.40. The molecule has 0 amide bonds.